The molecule has 2 aromatic rings. The van der Waals surface area contributed by atoms with Gasteiger partial charge in [0, 0.05) is 37.7 Å². The van der Waals surface area contributed by atoms with Gasteiger partial charge in [0.05, 0.1) is 12.6 Å². The number of rotatable bonds is 3. The largest absolute Gasteiger partial charge is 0.401 e. The number of nitrogens with one attached hydrogen (secondary N) is 1. The summed E-state index contributed by atoms with van der Waals surface area (Å²) < 4.78 is 38.2. The Bertz CT molecular complexity index is 949. The minimum absolute atomic E-state index is 0.0723. The molecule has 2 aliphatic heterocycles. The number of hydrogen-bond acceptors (Lipinski definition) is 4. The first-order chi connectivity index (χ1) is 14.3. The Kier molecular flexibility index (Phi) is 5.46. The van der Waals surface area contributed by atoms with Crippen molar-refractivity contribution in [3.05, 3.63) is 59.4 Å². The average molecular weight is 418 g/mol. The highest BCUT2D eigenvalue weighted by Crippen LogP contribution is 2.33. The molecule has 1 aromatic carbocycles. The first-order valence-electron chi connectivity index (χ1n) is 9.73. The van der Waals surface area contributed by atoms with Gasteiger partial charge in [0.1, 0.15) is 0 Å². The standard InChI is InChI=1S/C21H21F3N4O2/c22-21(23,24)13-27-11-15-3-1-4-17(16(15)12-27)26-19(29)20(30)28-10-2-5-18(28)14-6-8-25-9-7-14/h1,3-4,6-9,18H,2,5,10-13H2,(H,26,29). The van der Waals surface area contributed by atoms with E-state index in [0.717, 1.165) is 24.0 Å². The lowest BCUT2D eigenvalue weighted by molar-refractivity contribution is -0.147. The first kappa shape index (κ1) is 20.3. The van der Waals surface area contributed by atoms with Crippen molar-refractivity contribution >= 4 is 17.5 Å². The van der Waals surface area contributed by atoms with Gasteiger partial charge in [-0.25, -0.2) is 0 Å². The Balaban J connectivity index is 1.46. The minimum atomic E-state index is -4.29. The summed E-state index contributed by atoms with van der Waals surface area (Å²) in [5, 5.41) is 2.62. The molecule has 1 unspecified atom stereocenters. The van der Waals surface area contributed by atoms with Crippen LogP contribution in [0, 0.1) is 0 Å². The Morgan fingerprint density at radius 3 is 2.63 bits per heavy atom. The van der Waals surface area contributed by atoms with E-state index in [9.17, 15) is 22.8 Å². The number of anilines is 1. The summed E-state index contributed by atoms with van der Waals surface area (Å²) in [5.41, 5.74) is 2.65. The number of pyridine rings is 1. The number of halogens is 3. The second kappa shape index (κ2) is 8.06. The van der Waals surface area contributed by atoms with Crippen molar-refractivity contribution in [2.75, 3.05) is 18.4 Å². The number of aromatic nitrogens is 1. The molecule has 1 aromatic heterocycles. The molecule has 30 heavy (non-hydrogen) atoms. The fourth-order valence-electron chi connectivity index (χ4n) is 4.22. The van der Waals surface area contributed by atoms with Gasteiger partial charge in [-0.15, -0.1) is 0 Å². The third-order valence-corrected chi connectivity index (χ3v) is 5.50. The number of carbonyl (C=O) groups is 2. The minimum Gasteiger partial charge on any atom is -0.327 e. The van der Waals surface area contributed by atoms with Gasteiger partial charge < -0.3 is 10.2 Å². The van der Waals surface area contributed by atoms with Crippen molar-refractivity contribution in [3.8, 4) is 0 Å². The number of likely N-dealkylation sites (tertiary alicyclic amines) is 1. The lowest BCUT2D eigenvalue weighted by atomic mass is 10.1. The van der Waals surface area contributed by atoms with Crippen LogP contribution in [0.5, 0.6) is 0 Å². The Morgan fingerprint density at radius 2 is 1.90 bits per heavy atom. The smallest absolute Gasteiger partial charge is 0.327 e. The molecule has 0 aliphatic carbocycles. The highest BCUT2D eigenvalue weighted by atomic mass is 19.4. The SMILES string of the molecule is O=C(Nc1cccc2c1CN(CC(F)(F)F)C2)C(=O)N1CCCC1c1ccncc1. The van der Waals surface area contributed by atoms with E-state index in [0.29, 0.717) is 17.8 Å². The molecule has 0 saturated carbocycles. The van der Waals surface area contributed by atoms with Crippen LogP contribution in [0.1, 0.15) is 35.6 Å². The average Bonchev–Trinajstić information content (AvgIpc) is 3.34. The zero-order valence-electron chi connectivity index (χ0n) is 16.2. The van der Waals surface area contributed by atoms with Crippen LogP contribution in [0.3, 0.4) is 0 Å². The Labute approximate surface area is 171 Å². The zero-order valence-corrected chi connectivity index (χ0v) is 16.2. The van der Waals surface area contributed by atoms with Gasteiger partial charge in [0.25, 0.3) is 0 Å². The molecule has 0 radical (unpaired) electrons. The molecule has 1 fully saturated rings. The number of amides is 2. The van der Waals surface area contributed by atoms with Gasteiger partial charge in [-0.2, -0.15) is 13.2 Å². The van der Waals surface area contributed by atoms with Crippen molar-refractivity contribution < 1.29 is 22.8 Å². The van der Waals surface area contributed by atoms with Gasteiger partial charge in [-0.05, 0) is 47.7 Å². The van der Waals surface area contributed by atoms with Crippen LogP contribution in [-0.2, 0) is 22.7 Å². The first-order valence-corrected chi connectivity index (χ1v) is 9.73. The number of fused-ring (bicyclic) bond motifs is 1. The molecule has 4 rings (SSSR count). The topological polar surface area (TPSA) is 65.5 Å². The van der Waals surface area contributed by atoms with Crippen molar-refractivity contribution in [1.29, 1.82) is 0 Å². The maximum absolute atomic E-state index is 12.8. The molecule has 3 heterocycles. The molecule has 2 aliphatic rings. The number of hydrogen-bond donors (Lipinski definition) is 1. The van der Waals surface area contributed by atoms with Gasteiger partial charge in [0.15, 0.2) is 0 Å². The fourth-order valence-corrected chi connectivity index (χ4v) is 4.22. The van der Waals surface area contributed by atoms with Crippen LogP contribution in [0.25, 0.3) is 0 Å². The molecule has 9 heteroatoms. The van der Waals surface area contributed by atoms with Crippen LogP contribution in [0.15, 0.2) is 42.7 Å². The highest BCUT2D eigenvalue weighted by Gasteiger charge is 2.36. The molecule has 1 N–H and O–H groups in total. The molecule has 1 atom stereocenters. The molecule has 0 spiro atoms. The molecule has 158 valence electrons. The van der Waals surface area contributed by atoms with E-state index in [2.05, 4.69) is 10.3 Å². The lowest BCUT2D eigenvalue weighted by Gasteiger charge is -2.24. The Morgan fingerprint density at radius 1 is 1.13 bits per heavy atom. The molecule has 0 bridgehead atoms. The van der Waals surface area contributed by atoms with Crippen LogP contribution >= 0.6 is 0 Å². The predicted molar refractivity (Wildman–Crippen MR) is 103 cm³/mol. The van der Waals surface area contributed by atoms with E-state index < -0.39 is 24.5 Å². The summed E-state index contributed by atoms with van der Waals surface area (Å²) in [6.07, 6.45) is 0.557. The second-order valence-electron chi connectivity index (χ2n) is 7.59. The van der Waals surface area contributed by atoms with Gasteiger partial charge >= 0.3 is 18.0 Å². The molecular weight excluding hydrogens is 397 g/mol. The molecule has 1 saturated heterocycles. The van der Waals surface area contributed by atoms with Gasteiger partial charge in [-0.1, -0.05) is 12.1 Å². The number of alkyl halides is 3. The fraction of sp³-hybridized carbons (Fsp3) is 0.381. The third-order valence-electron chi connectivity index (χ3n) is 5.50. The summed E-state index contributed by atoms with van der Waals surface area (Å²) in [6, 6.07) is 8.50. The Hall–Kier alpha value is -2.94. The van der Waals surface area contributed by atoms with Crippen molar-refractivity contribution in [1.82, 2.24) is 14.8 Å². The van der Waals surface area contributed by atoms with Crippen LogP contribution in [0.4, 0.5) is 18.9 Å². The van der Waals surface area contributed by atoms with E-state index in [1.807, 2.05) is 12.1 Å². The maximum atomic E-state index is 12.8. The summed E-state index contributed by atoms with van der Waals surface area (Å²) in [4.78, 5) is 32.3. The van der Waals surface area contributed by atoms with Crippen LogP contribution in [-0.4, -0.2) is 45.9 Å². The lowest BCUT2D eigenvalue weighted by Crippen LogP contribution is -2.39. The normalized spacial score (nSPS) is 19.0. The molecule has 2 amide bonds. The zero-order chi connectivity index (χ0) is 21.3. The third kappa shape index (κ3) is 4.30. The van der Waals surface area contributed by atoms with E-state index >= 15 is 0 Å². The highest BCUT2D eigenvalue weighted by molar-refractivity contribution is 6.39. The van der Waals surface area contributed by atoms with Crippen molar-refractivity contribution in [2.45, 2.75) is 38.1 Å². The molecular formula is C21H21F3N4O2. The number of carbonyl (C=O) groups excluding carboxylic acids is 2. The predicted octanol–water partition coefficient (Wildman–Crippen LogP) is 3.26. The quantitative estimate of drug-likeness (QED) is 0.778. The second-order valence-corrected chi connectivity index (χ2v) is 7.59. The number of nitrogens with zero attached hydrogens (tertiary/aromatic N) is 3. The van der Waals surface area contributed by atoms with Crippen molar-refractivity contribution in [3.63, 3.8) is 0 Å². The number of benzene rings is 1. The maximum Gasteiger partial charge on any atom is 0.401 e. The van der Waals surface area contributed by atoms with Gasteiger partial charge in [-0.3, -0.25) is 19.5 Å². The van der Waals surface area contributed by atoms with Gasteiger partial charge in [0.2, 0.25) is 0 Å². The monoisotopic (exact) mass is 418 g/mol. The summed E-state index contributed by atoms with van der Waals surface area (Å²) in [6.45, 7) is -0.313. The summed E-state index contributed by atoms with van der Waals surface area (Å²) >= 11 is 0. The van der Waals surface area contributed by atoms with E-state index in [-0.39, 0.29) is 19.1 Å². The van der Waals surface area contributed by atoms with Crippen molar-refractivity contribution in [2.24, 2.45) is 0 Å². The van der Waals surface area contributed by atoms with E-state index in [1.54, 1.807) is 35.5 Å². The molecule has 6 nitrogen and oxygen atoms in total. The summed E-state index contributed by atoms with van der Waals surface area (Å²) in [7, 11) is 0. The van der Waals surface area contributed by atoms with Crippen LogP contribution < -0.4 is 5.32 Å². The van der Waals surface area contributed by atoms with E-state index in [1.165, 1.54) is 4.90 Å². The van der Waals surface area contributed by atoms with Crippen LogP contribution in [0.2, 0.25) is 0 Å². The summed E-state index contributed by atoms with van der Waals surface area (Å²) in [5.74, 6) is -1.42. The van der Waals surface area contributed by atoms with E-state index in [4.69, 9.17) is 0 Å².